The minimum atomic E-state index is 0.316. The molecular formula is C15H23N3O. The number of fused-ring (bicyclic) bond motifs is 1. The summed E-state index contributed by atoms with van der Waals surface area (Å²) in [6.07, 6.45) is 2.61. The van der Waals surface area contributed by atoms with Crippen LogP contribution in [0.5, 0.6) is 0 Å². The molecule has 0 spiro atoms. The molecule has 4 heteroatoms. The second-order valence-electron chi connectivity index (χ2n) is 5.71. The van der Waals surface area contributed by atoms with Crippen LogP contribution >= 0.6 is 0 Å². The van der Waals surface area contributed by atoms with Crippen molar-refractivity contribution in [3.8, 4) is 0 Å². The SMILES string of the molecule is CN1CCOC(CNC2CCc3cc(N)ccc32)C1. The van der Waals surface area contributed by atoms with E-state index in [1.165, 1.54) is 17.5 Å². The third-order valence-corrected chi connectivity index (χ3v) is 4.18. The van der Waals surface area contributed by atoms with Crippen molar-refractivity contribution in [3.05, 3.63) is 29.3 Å². The minimum absolute atomic E-state index is 0.316. The standard InChI is InChI=1S/C15H23N3O/c1-18-6-7-19-13(10-18)9-17-15-5-2-11-8-12(16)3-4-14(11)15/h3-4,8,13,15,17H,2,5-7,9-10,16H2,1H3. The molecule has 1 aliphatic carbocycles. The van der Waals surface area contributed by atoms with E-state index in [0.717, 1.165) is 38.3 Å². The van der Waals surface area contributed by atoms with Crippen LogP contribution in [0.25, 0.3) is 0 Å². The first-order valence-electron chi connectivity index (χ1n) is 7.14. The van der Waals surface area contributed by atoms with E-state index in [-0.39, 0.29) is 0 Å². The van der Waals surface area contributed by atoms with Gasteiger partial charge in [-0.1, -0.05) is 6.07 Å². The number of benzene rings is 1. The molecule has 1 heterocycles. The molecule has 2 aliphatic rings. The van der Waals surface area contributed by atoms with E-state index in [4.69, 9.17) is 10.5 Å². The molecule has 0 aromatic heterocycles. The first-order valence-corrected chi connectivity index (χ1v) is 7.14. The van der Waals surface area contributed by atoms with Crippen molar-refractivity contribution in [3.63, 3.8) is 0 Å². The average Bonchev–Trinajstić information content (AvgIpc) is 2.78. The second-order valence-corrected chi connectivity index (χ2v) is 5.71. The first kappa shape index (κ1) is 12.9. The zero-order chi connectivity index (χ0) is 13.2. The Morgan fingerprint density at radius 2 is 2.37 bits per heavy atom. The fourth-order valence-electron chi connectivity index (χ4n) is 3.11. The zero-order valence-electron chi connectivity index (χ0n) is 11.6. The molecule has 1 aromatic rings. The van der Waals surface area contributed by atoms with Crippen molar-refractivity contribution in [1.29, 1.82) is 0 Å². The molecule has 104 valence electrons. The van der Waals surface area contributed by atoms with Crippen LogP contribution in [0.15, 0.2) is 18.2 Å². The van der Waals surface area contributed by atoms with Crippen molar-refractivity contribution in [2.24, 2.45) is 0 Å². The topological polar surface area (TPSA) is 50.5 Å². The van der Waals surface area contributed by atoms with Gasteiger partial charge in [-0.15, -0.1) is 0 Å². The monoisotopic (exact) mass is 261 g/mol. The highest BCUT2D eigenvalue weighted by Crippen LogP contribution is 2.32. The number of rotatable bonds is 3. The molecule has 3 rings (SSSR count). The predicted molar refractivity (Wildman–Crippen MR) is 77.2 cm³/mol. The molecule has 2 atom stereocenters. The zero-order valence-corrected chi connectivity index (χ0v) is 11.6. The molecule has 0 amide bonds. The Bertz CT molecular complexity index is 449. The van der Waals surface area contributed by atoms with Crippen LogP contribution < -0.4 is 11.1 Å². The molecule has 1 aromatic carbocycles. The van der Waals surface area contributed by atoms with Gasteiger partial charge < -0.3 is 20.7 Å². The van der Waals surface area contributed by atoms with Crippen molar-refractivity contribution in [1.82, 2.24) is 10.2 Å². The molecule has 4 nitrogen and oxygen atoms in total. The third kappa shape index (κ3) is 2.91. The third-order valence-electron chi connectivity index (χ3n) is 4.18. The number of hydrogen-bond donors (Lipinski definition) is 2. The molecular weight excluding hydrogens is 238 g/mol. The van der Waals surface area contributed by atoms with E-state index in [9.17, 15) is 0 Å². The summed E-state index contributed by atoms with van der Waals surface area (Å²) >= 11 is 0. The van der Waals surface area contributed by atoms with E-state index < -0.39 is 0 Å². The number of aryl methyl sites for hydroxylation is 1. The maximum absolute atomic E-state index is 5.84. The van der Waals surface area contributed by atoms with Gasteiger partial charge in [0.2, 0.25) is 0 Å². The Labute approximate surface area is 114 Å². The number of ether oxygens (including phenoxy) is 1. The maximum atomic E-state index is 5.84. The molecule has 0 saturated carbocycles. The lowest BCUT2D eigenvalue weighted by Gasteiger charge is -2.31. The minimum Gasteiger partial charge on any atom is -0.399 e. The van der Waals surface area contributed by atoms with Crippen molar-refractivity contribution >= 4 is 5.69 Å². The Balaban J connectivity index is 1.57. The van der Waals surface area contributed by atoms with Crippen LogP contribution in [-0.2, 0) is 11.2 Å². The summed E-state index contributed by atoms with van der Waals surface area (Å²) in [7, 11) is 2.16. The van der Waals surface area contributed by atoms with Gasteiger partial charge in [0, 0.05) is 31.4 Å². The molecule has 1 aliphatic heterocycles. The van der Waals surface area contributed by atoms with Gasteiger partial charge in [-0.05, 0) is 43.1 Å². The summed E-state index contributed by atoms with van der Waals surface area (Å²) in [6.45, 7) is 3.84. The van der Waals surface area contributed by atoms with Gasteiger partial charge in [-0.2, -0.15) is 0 Å². The Hall–Kier alpha value is -1.10. The summed E-state index contributed by atoms with van der Waals surface area (Å²) in [5, 5.41) is 3.66. The van der Waals surface area contributed by atoms with Crippen LogP contribution in [0.1, 0.15) is 23.6 Å². The number of nitrogens with two attached hydrogens (primary N) is 1. The second kappa shape index (κ2) is 5.49. The Morgan fingerprint density at radius 1 is 1.47 bits per heavy atom. The van der Waals surface area contributed by atoms with Crippen molar-refractivity contribution in [2.45, 2.75) is 25.0 Å². The predicted octanol–water partition coefficient (Wildman–Crippen LogP) is 1.18. The van der Waals surface area contributed by atoms with Gasteiger partial charge in [-0.25, -0.2) is 0 Å². The fraction of sp³-hybridized carbons (Fsp3) is 0.600. The number of nitrogens with zero attached hydrogens (tertiary/aromatic N) is 1. The van der Waals surface area contributed by atoms with E-state index >= 15 is 0 Å². The maximum Gasteiger partial charge on any atom is 0.0826 e. The molecule has 19 heavy (non-hydrogen) atoms. The van der Waals surface area contributed by atoms with Crippen LogP contribution in [-0.4, -0.2) is 44.3 Å². The highest BCUT2D eigenvalue weighted by atomic mass is 16.5. The van der Waals surface area contributed by atoms with Crippen LogP contribution in [0, 0.1) is 0 Å². The van der Waals surface area contributed by atoms with E-state index in [0.29, 0.717) is 12.1 Å². The van der Waals surface area contributed by atoms with Crippen LogP contribution in [0.4, 0.5) is 5.69 Å². The largest absolute Gasteiger partial charge is 0.399 e. The highest BCUT2D eigenvalue weighted by Gasteiger charge is 2.24. The van der Waals surface area contributed by atoms with E-state index in [2.05, 4.69) is 29.4 Å². The number of nitrogen functional groups attached to an aromatic ring is 1. The van der Waals surface area contributed by atoms with Crippen LogP contribution in [0.3, 0.4) is 0 Å². The van der Waals surface area contributed by atoms with Gasteiger partial charge in [0.15, 0.2) is 0 Å². The molecule has 3 N–H and O–H groups in total. The normalized spacial score (nSPS) is 27.4. The molecule has 1 saturated heterocycles. The molecule has 0 radical (unpaired) electrons. The van der Waals surface area contributed by atoms with Gasteiger partial charge >= 0.3 is 0 Å². The van der Waals surface area contributed by atoms with Crippen molar-refractivity contribution < 1.29 is 4.74 Å². The first-order chi connectivity index (χ1) is 9.22. The van der Waals surface area contributed by atoms with E-state index in [1.54, 1.807) is 0 Å². The summed E-state index contributed by atoms with van der Waals surface area (Å²) in [5.41, 5.74) is 9.53. The summed E-state index contributed by atoms with van der Waals surface area (Å²) in [4.78, 5) is 2.33. The van der Waals surface area contributed by atoms with E-state index in [1.807, 2.05) is 6.07 Å². The number of anilines is 1. The van der Waals surface area contributed by atoms with Gasteiger partial charge in [-0.3, -0.25) is 0 Å². The molecule has 1 fully saturated rings. The van der Waals surface area contributed by atoms with Crippen molar-refractivity contribution in [2.75, 3.05) is 39.0 Å². The summed E-state index contributed by atoms with van der Waals surface area (Å²) in [6, 6.07) is 6.75. The van der Waals surface area contributed by atoms with Crippen LogP contribution in [0.2, 0.25) is 0 Å². The molecule has 0 bridgehead atoms. The van der Waals surface area contributed by atoms with Gasteiger partial charge in [0.1, 0.15) is 0 Å². The smallest absolute Gasteiger partial charge is 0.0826 e. The summed E-state index contributed by atoms with van der Waals surface area (Å²) < 4.78 is 5.79. The lowest BCUT2D eigenvalue weighted by molar-refractivity contribution is -0.0192. The quantitative estimate of drug-likeness (QED) is 0.802. The van der Waals surface area contributed by atoms with Gasteiger partial charge in [0.05, 0.1) is 12.7 Å². The number of likely N-dealkylation sites (N-methyl/N-ethyl adjacent to an activating group) is 1. The Kier molecular flexibility index (Phi) is 3.73. The highest BCUT2D eigenvalue weighted by molar-refractivity contribution is 5.47. The average molecular weight is 261 g/mol. The number of nitrogens with one attached hydrogen (secondary N) is 1. The lowest BCUT2D eigenvalue weighted by Crippen LogP contribution is -2.45. The number of hydrogen-bond acceptors (Lipinski definition) is 4. The summed E-state index contributed by atoms with van der Waals surface area (Å²) in [5.74, 6) is 0. The number of morpholine rings is 1. The Morgan fingerprint density at radius 3 is 3.21 bits per heavy atom. The molecule has 2 unspecified atom stereocenters. The lowest BCUT2D eigenvalue weighted by atomic mass is 10.1. The van der Waals surface area contributed by atoms with Gasteiger partial charge in [0.25, 0.3) is 0 Å². The fourth-order valence-corrected chi connectivity index (χ4v) is 3.11.